The van der Waals surface area contributed by atoms with E-state index < -0.39 is 0 Å². The molecule has 0 amide bonds. The van der Waals surface area contributed by atoms with Crippen molar-refractivity contribution in [3.8, 4) is 0 Å². The number of hydrogen-bond donors (Lipinski definition) is 0. The summed E-state index contributed by atoms with van der Waals surface area (Å²) in [6.07, 6.45) is 5.92. The normalized spacial score (nSPS) is 24.0. The molecular weight excluding hydrogens is 132 g/mol. The van der Waals surface area contributed by atoms with Crippen LogP contribution in [-0.4, -0.2) is 0 Å². The summed E-state index contributed by atoms with van der Waals surface area (Å²) in [5, 5.41) is 0. The molecule has 0 unspecified atom stereocenters. The van der Waals surface area contributed by atoms with Crippen LogP contribution in [0, 0.1) is 17.3 Å². The van der Waals surface area contributed by atoms with E-state index in [2.05, 4.69) is 27.7 Å². The third kappa shape index (κ3) is 2.21. The Labute approximate surface area is 71.4 Å². The Morgan fingerprint density at radius 1 is 1.09 bits per heavy atom. The van der Waals surface area contributed by atoms with Crippen LogP contribution in [0.1, 0.15) is 53.4 Å². The van der Waals surface area contributed by atoms with Gasteiger partial charge in [-0.25, -0.2) is 0 Å². The van der Waals surface area contributed by atoms with Crippen LogP contribution < -0.4 is 0 Å². The summed E-state index contributed by atoms with van der Waals surface area (Å²) in [5.41, 5.74) is 0.523. The summed E-state index contributed by atoms with van der Waals surface area (Å²) in [7, 11) is 0. The zero-order valence-corrected chi connectivity index (χ0v) is 8.48. The van der Waals surface area contributed by atoms with E-state index in [4.69, 9.17) is 0 Å². The van der Waals surface area contributed by atoms with E-state index in [1.807, 2.05) is 0 Å². The fourth-order valence-corrected chi connectivity index (χ4v) is 2.16. The van der Waals surface area contributed by atoms with Crippen molar-refractivity contribution >= 4 is 0 Å². The number of rotatable bonds is 1. The minimum atomic E-state index is 0.523. The van der Waals surface area contributed by atoms with Gasteiger partial charge in [-0.15, -0.1) is 0 Å². The highest BCUT2D eigenvalue weighted by atomic mass is 14.3. The molecule has 0 aromatic heterocycles. The van der Waals surface area contributed by atoms with Crippen LogP contribution in [-0.2, 0) is 0 Å². The lowest BCUT2D eigenvalue weighted by molar-refractivity contribution is 0.179. The van der Waals surface area contributed by atoms with Crippen LogP contribution in [0.2, 0.25) is 0 Å². The zero-order chi connectivity index (χ0) is 8.48. The maximum absolute atomic E-state index is 2.43. The van der Waals surface area contributed by atoms with Crippen LogP contribution in [0.25, 0.3) is 0 Å². The number of hydrogen-bond acceptors (Lipinski definition) is 0. The Morgan fingerprint density at radius 3 is 1.91 bits per heavy atom. The van der Waals surface area contributed by atoms with Gasteiger partial charge in [-0.2, -0.15) is 0 Å². The Balaban J connectivity index is 2.46. The molecule has 0 heterocycles. The van der Waals surface area contributed by atoms with Crippen LogP contribution >= 0.6 is 0 Å². The lowest BCUT2D eigenvalue weighted by Crippen LogP contribution is -2.23. The van der Waals surface area contributed by atoms with Crippen molar-refractivity contribution in [1.29, 1.82) is 0 Å². The smallest absolute Gasteiger partial charge is 0.0354 e. The van der Waals surface area contributed by atoms with Crippen LogP contribution in [0.3, 0.4) is 0 Å². The molecule has 1 rings (SSSR count). The summed E-state index contributed by atoms with van der Waals surface area (Å²) >= 11 is 0. The Hall–Kier alpha value is 0. The first kappa shape index (κ1) is 9.09. The quantitative estimate of drug-likeness (QED) is 0.538. The first-order valence-electron chi connectivity index (χ1n) is 5.02. The van der Waals surface area contributed by atoms with E-state index in [0.717, 1.165) is 11.8 Å². The van der Waals surface area contributed by atoms with E-state index in [9.17, 15) is 0 Å². The van der Waals surface area contributed by atoms with Gasteiger partial charge in [0.1, 0.15) is 0 Å². The molecule has 0 spiro atoms. The van der Waals surface area contributed by atoms with Crippen molar-refractivity contribution in [2.45, 2.75) is 53.4 Å². The molecule has 0 aromatic carbocycles. The predicted molar refractivity (Wildman–Crippen MR) is 50.6 cm³/mol. The monoisotopic (exact) mass is 154 g/mol. The Kier molecular flexibility index (Phi) is 2.61. The second-order valence-electron chi connectivity index (χ2n) is 5.20. The topological polar surface area (TPSA) is 0 Å². The van der Waals surface area contributed by atoms with Crippen molar-refractivity contribution < 1.29 is 0 Å². The van der Waals surface area contributed by atoms with Crippen molar-refractivity contribution in [2.24, 2.45) is 17.3 Å². The average Bonchev–Trinajstić information content (AvgIpc) is 2.34. The summed E-state index contributed by atoms with van der Waals surface area (Å²) < 4.78 is 0. The molecule has 11 heavy (non-hydrogen) atoms. The minimum absolute atomic E-state index is 0.523. The molecule has 1 atom stereocenters. The highest BCUT2D eigenvalue weighted by Crippen LogP contribution is 2.40. The molecule has 0 aliphatic heterocycles. The molecule has 0 aromatic rings. The summed E-state index contributed by atoms with van der Waals surface area (Å²) in [6, 6.07) is 0. The van der Waals surface area contributed by atoms with Gasteiger partial charge in [-0.1, -0.05) is 53.4 Å². The highest BCUT2D eigenvalue weighted by Gasteiger charge is 2.29. The lowest BCUT2D eigenvalue weighted by Gasteiger charge is -2.32. The summed E-state index contributed by atoms with van der Waals surface area (Å²) in [5.74, 6) is 1.93. The largest absolute Gasteiger partial charge is 0.0617 e. The maximum atomic E-state index is 2.43. The minimum Gasteiger partial charge on any atom is -0.0617 e. The molecule has 0 saturated heterocycles. The molecule has 0 N–H and O–H groups in total. The summed E-state index contributed by atoms with van der Waals surface area (Å²) in [4.78, 5) is 0. The third-order valence-corrected chi connectivity index (χ3v) is 3.47. The van der Waals surface area contributed by atoms with Crippen molar-refractivity contribution in [3.63, 3.8) is 0 Å². The van der Waals surface area contributed by atoms with Gasteiger partial charge in [-0.05, 0) is 17.3 Å². The first-order valence-corrected chi connectivity index (χ1v) is 5.02. The molecule has 0 nitrogen and oxygen atoms in total. The SMILES string of the molecule is C[C@@H](C1CCCC1)C(C)(C)C. The molecule has 0 radical (unpaired) electrons. The molecule has 0 heteroatoms. The van der Waals surface area contributed by atoms with E-state index in [1.54, 1.807) is 0 Å². The third-order valence-electron chi connectivity index (χ3n) is 3.47. The molecule has 1 aliphatic rings. The van der Waals surface area contributed by atoms with Gasteiger partial charge < -0.3 is 0 Å². The van der Waals surface area contributed by atoms with Gasteiger partial charge in [-0.3, -0.25) is 0 Å². The second kappa shape index (κ2) is 3.16. The van der Waals surface area contributed by atoms with Gasteiger partial charge in [0.25, 0.3) is 0 Å². The standard InChI is InChI=1S/C11H22/c1-9(11(2,3)4)10-7-5-6-8-10/h9-10H,5-8H2,1-4H3/t9-/m0/s1. The maximum Gasteiger partial charge on any atom is -0.0354 e. The molecule has 1 aliphatic carbocycles. The fraction of sp³-hybridized carbons (Fsp3) is 1.00. The Bertz CT molecular complexity index is 112. The van der Waals surface area contributed by atoms with E-state index >= 15 is 0 Å². The molecule has 0 bridgehead atoms. The van der Waals surface area contributed by atoms with Crippen LogP contribution in [0.4, 0.5) is 0 Å². The van der Waals surface area contributed by atoms with Gasteiger partial charge in [0.2, 0.25) is 0 Å². The van der Waals surface area contributed by atoms with Crippen LogP contribution in [0.15, 0.2) is 0 Å². The second-order valence-corrected chi connectivity index (χ2v) is 5.20. The molecule has 66 valence electrons. The lowest BCUT2D eigenvalue weighted by atomic mass is 9.74. The van der Waals surface area contributed by atoms with Gasteiger partial charge >= 0.3 is 0 Å². The van der Waals surface area contributed by atoms with Crippen molar-refractivity contribution in [1.82, 2.24) is 0 Å². The Morgan fingerprint density at radius 2 is 1.55 bits per heavy atom. The predicted octanol–water partition coefficient (Wildman–Crippen LogP) is 3.86. The van der Waals surface area contributed by atoms with E-state index in [1.165, 1.54) is 25.7 Å². The molecule has 1 saturated carbocycles. The fourth-order valence-electron chi connectivity index (χ4n) is 2.16. The van der Waals surface area contributed by atoms with E-state index in [0.29, 0.717) is 5.41 Å². The van der Waals surface area contributed by atoms with Gasteiger partial charge in [0.15, 0.2) is 0 Å². The van der Waals surface area contributed by atoms with E-state index in [-0.39, 0.29) is 0 Å². The van der Waals surface area contributed by atoms with Crippen LogP contribution in [0.5, 0.6) is 0 Å². The van der Waals surface area contributed by atoms with Gasteiger partial charge in [0.05, 0.1) is 0 Å². The van der Waals surface area contributed by atoms with Crippen molar-refractivity contribution in [3.05, 3.63) is 0 Å². The molecular formula is C11H22. The van der Waals surface area contributed by atoms with Gasteiger partial charge in [0, 0.05) is 0 Å². The first-order chi connectivity index (χ1) is 5.02. The average molecular weight is 154 g/mol. The summed E-state index contributed by atoms with van der Waals surface area (Å²) in [6.45, 7) is 9.54. The zero-order valence-electron chi connectivity index (χ0n) is 8.48. The van der Waals surface area contributed by atoms with Crippen molar-refractivity contribution in [2.75, 3.05) is 0 Å². The molecule has 1 fully saturated rings. The highest BCUT2D eigenvalue weighted by molar-refractivity contribution is 4.80.